The minimum absolute atomic E-state index is 0.256. The van der Waals surface area contributed by atoms with Crippen LogP contribution in [0.25, 0.3) is 11.8 Å². The Labute approximate surface area is 240 Å². The smallest absolute Gasteiger partial charge is 0.272 e. The number of carbonyl (C=O) groups is 1. The van der Waals surface area contributed by atoms with E-state index in [4.69, 9.17) is 23.2 Å². The van der Waals surface area contributed by atoms with Crippen molar-refractivity contribution in [2.45, 2.75) is 25.0 Å². The van der Waals surface area contributed by atoms with Gasteiger partial charge >= 0.3 is 0 Å². The Morgan fingerprint density at radius 3 is 2.74 bits per heavy atom. The molecule has 2 atom stereocenters. The van der Waals surface area contributed by atoms with Crippen LogP contribution in [0.5, 0.6) is 0 Å². The van der Waals surface area contributed by atoms with Gasteiger partial charge in [-0.1, -0.05) is 71.8 Å². The first-order chi connectivity index (χ1) is 18.9. The van der Waals surface area contributed by atoms with Gasteiger partial charge in [0.1, 0.15) is 5.82 Å². The van der Waals surface area contributed by atoms with E-state index in [9.17, 15) is 14.3 Å². The third-order valence-electron chi connectivity index (χ3n) is 6.56. The summed E-state index contributed by atoms with van der Waals surface area (Å²) in [6.45, 7) is 0. The van der Waals surface area contributed by atoms with Gasteiger partial charge in [-0.2, -0.15) is 16.9 Å². The summed E-state index contributed by atoms with van der Waals surface area (Å²) in [5, 5.41) is 19.2. The average molecular weight is 583 g/mol. The van der Waals surface area contributed by atoms with E-state index in [0.29, 0.717) is 34.3 Å². The lowest BCUT2D eigenvalue weighted by Gasteiger charge is -2.17. The maximum absolute atomic E-state index is 13.5. The fourth-order valence-corrected chi connectivity index (χ4v) is 5.88. The van der Waals surface area contributed by atoms with Crippen molar-refractivity contribution in [3.05, 3.63) is 123 Å². The molecule has 0 fully saturated rings. The number of nitrogens with one attached hydrogen (secondary N) is 1. The quantitative estimate of drug-likeness (QED) is 0.216. The molecule has 200 valence electrons. The number of nitrogens with zero attached hydrogens (tertiary/aromatic N) is 2. The molecule has 0 aliphatic heterocycles. The lowest BCUT2D eigenvalue weighted by Crippen LogP contribution is -2.34. The number of fused-ring (bicyclic) bond motifs is 1. The third-order valence-corrected chi connectivity index (χ3v) is 8.02. The number of amides is 1. The third kappa shape index (κ3) is 6.56. The highest BCUT2D eigenvalue weighted by atomic mass is 35.5. The predicted octanol–water partition coefficient (Wildman–Crippen LogP) is 6.70. The second-order valence-corrected chi connectivity index (χ2v) is 11.2. The van der Waals surface area contributed by atoms with Gasteiger partial charge in [0.25, 0.3) is 5.91 Å². The number of rotatable bonds is 9. The van der Waals surface area contributed by atoms with Crippen molar-refractivity contribution in [1.29, 1.82) is 0 Å². The Bertz CT molecular complexity index is 1510. The minimum atomic E-state index is -0.703. The number of carbonyl (C=O) groups excluding carboxylic acids is 1. The molecular formula is C30H26Cl2FN3O2S. The van der Waals surface area contributed by atoms with Crippen LogP contribution in [0.4, 0.5) is 4.39 Å². The van der Waals surface area contributed by atoms with Crippen LogP contribution in [0.1, 0.15) is 38.8 Å². The molecule has 0 radical (unpaired) electrons. The molecule has 0 bridgehead atoms. The molecule has 0 unspecified atom stereocenters. The van der Waals surface area contributed by atoms with Gasteiger partial charge in [0, 0.05) is 29.0 Å². The van der Waals surface area contributed by atoms with Gasteiger partial charge in [-0.25, -0.2) is 9.07 Å². The first-order valence-corrected chi connectivity index (χ1v) is 14.4. The standard InChI is InChI=1S/C30H26Cl2FN3O2S/c31-22-9-12-26(25(32)17-22)36-18-21(13-15-39-14-3-4-19-7-10-23(33)11-8-19)28(35-36)30(38)34-29-24-6-2-1-5-20(24)16-27(29)37/h1-12,17-18,27,29,37H,13-16H2,(H,34,38)/b4-3-/t27-,29+/m0/s1. The van der Waals surface area contributed by atoms with Crippen molar-refractivity contribution >= 4 is 46.9 Å². The number of thioether (sulfide) groups is 1. The van der Waals surface area contributed by atoms with Gasteiger partial charge in [0.2, 0.25) is 0 Å². The zero-order valence-corrected chi connectivity index (χ0v) is 23.2. The first-order valence-electron chi connectivity index (χ1n) is 12.5. The molecule has 5 rings (SSSR count). The maximum atomic E-state index is 13.5. The van der Waals surface area contributed by atoms with Crippen molar-refractivity contribution in [2.75, 3.05) is 11.5 Å². The van der Waals surface area contributed by atoms with Gasteiger partial charge < -0.3 is 10.4 Å². The molecule has 1 aliphatic carbocycles. The second kappa shape index (κ2) is 12.4. The summed E-state index contributed by atoms with van der Waals surface area (Å²) in [5.74, 6) is 0.911. The van der Waals surface area contributed by atoms with Crippen molar-refractivity contribution in [1.82, 2.24) is 15.1 Å². The molecule has 1 heterocycles. The van der Waals surface area contributed by atoms with Crippen molar-refractivity contribution in [3.63, 3.8) is 0 Å². The number of aryl methyl sites for hydroxylation is 1. The Morgan fingerprint density at radius 1 is 1.15 bits per heavy atom. The SMILES string of the molecule is O=C(N[C@@H]1c2ccccc2C[C@@H]1O)c1nn(-c2ccc(Cl)cc2Cl)cc1CCSC/C=C\c1ccc(F)cc1. The monoisotopic (exact) mass is 581 g/mol. The van der Waals surface area contributed by atoms with Gasteiger partial charge in [0.15, 0.2) is 5.69 Å². The van der Waals surface area contributed by atoms with Crippen molar-refractivity contribution < 1.29 is 14.3 Å². The molecule has 0 saturated carbocycles. The van der Waals surface area contributed by atoms with E-state index in [1.165, 1.54) is 12.1 Å². The van der Waals surface area contributed by atoms with Gasteiger partial charge in [-0.3, -0.25) is 4.79 Å². The average Bonchev–Trinajstić information content (AvgIpc) is 3.48. The summed E-state index contributed by atoms with van der Waals surface area (Å²) >= 11 is 14.2. The van der Waals surface area contributed by atoms with Crippen molar-refractivity contribution in [3.8, 4) is 5.69 Å². The summed E-state index contributed by atoms with van der Waals surface area (Å²) in [7, 11) is 0. The number of hydrogen-bond donors (Lipinski definition) is 2. The summed E-state index contributed by atoms with van der Waals surface area (Å²) in [4.78, 5) is 13.5. The lowest BCUT2D eigenvalue weighted by atomic mass is 10.1. The highest BCUT2D eigenvalue weighted by Crippen LogP contribution is 2.32. The minimum Gasteiger partial charge on any atom is -0.390 e. The molecule has 4 aromatic rings. The Kier molecular flexibility index (Phi) is 8.72. The van der Waals surface area contributed by atoms with Crippen LogP contribution < -0.4 is 5.32 Å². The summed E-state index contributed by atoms with van der Waals surface area (Å²) in [6.07, 6.45) is 6.19. The normalized spacial score (nSPS) is 16.5. The molecule has 1 aromatic heterocycles. The van der Waals surface area contributed by atoms with Crippen molar-refractivity contribution in [2.24, 2.45) is 0 Å². The predicted molar refractivity (Wildman–Crippen MR) is 156 cm³/mol. The molecule has 0 spiro atoms. The topological polar surface area (TPSA) is 67.2 Å². The van der Waals surface area contributed by atoms with E-state index < -0.39 is 12.1 Å². The van der Waals surface area contributed by atoms with E-state index in [-0.39, 0.29) is 11.7 Å². The van der Waals surface area contributed by atoms with Crippen LogP contribution in [0.15, 0.2) is 79.0 Å². The van der Waals surface area contributed by atoms with Gasteiger partial charge in [0.05, 0.1) is 22.9 Å². The molecule has 0 saturated heterocycles. The maximum Gasteiger partial charge on any atom is 0.272 e. The molecule has 9 heteroatoms. The molecule has 5 nitrogen and oxygen atoms in total. The van der Waals surface area contributed by atoms with Crippen LogP contribution in [0.2, 0.25) is 10.0 Å². The first kappa shape index (κ1) is 27.5. The fraction of sp³-hybridized carbons (Fsp3) is 0.200. The van der Waals surface area contributed by atoms with Gasteiger partial charge in [-0.15, -0.1) is 0 Å². The van der Waals surface area contributed by atoms with E-state index in [1.807, 2.05) is 42.6 Å². The lowest BCUT2D eigenvalue weighted by molar-refractivity contribution is 0.0852. The molecule has 1 aliphatic rings. The highest BCUT2D eigenvalue weighted by Gasteiger charge is 2.33. The number of benzene rings is 3. The fourth-order valence-electron chi connectivity index (χ4n) is 4.62. The van der Waals surface area contributed by atoms with E-state index in [2.05, 4.69) is 10.4 Å². The van der Waals surface area contributed by atoms with E-state index in [1.54, 1.807) is 46.8 Å². The Balaban J connectivity index is 1.31. The second-order valence-electron chi connectivity index (χ2n) is 9.24. The number of hydrogen-bond acceptors (Lipinski definition) is 4. The zero-order valence-electron chi connectivity index (χ0n) is 20.9. The number of aliphatic hydroxyl groups excluding tert-OH is 1. The van der Waals surface area contributed by atoms with E-state index >= 15 is 0 Å². The summed E-state index contributed by atoms with van der Waals surface area (Å²) in [6, 6.07) is 18.7. The van der Waals surface area contributed by atoms with Crippen LogP contribution in [-0.4, -0.2) is 38.4 Å². The number of aromatic nitrogens is 2. The van der Waals surface area contributed by atoms with E-state index in [0.717, 1.165) is 33.8 Å². The Morgan fingerprint density at radius 2 is 1.95 bits per heavy atom. The largest absolute Gasteiger partial charge is 0.390 e. The number of aliphatic hydroxyl groups is 1. The zero-order chi connectivity index (χ0) is 27.4. The molecule has 1 amide bonds. The number of halogens is 3. The van der Waals surface area contributed by atoms with Crippen LogP contribution in [-0.2, 0) is 12.8 Å². The van der Waals surface area contributed by atoms with Crippen LogP contribution >= 0.6 is 35.0 Å². The highest BCUT2D eigenvalue weighted by molar-refractivity contribution is 7.99. The van der Waals surface area contributed by atoms with Crippen LogP contribution in [0.3, 0.4) is 0 Å². The molecular weight excluding hydrogens is 556 g/mol. The molecule has 39 heavy (non-hydrogen) atoms. The van der Waals surface area contributed by atoms with Gasteiger partial charge in [-0.05, 0) is 59.2 Å². The summed E-state index contributed by atoms with van der Waals surface area (Å²) < 4.78 is 14.7. The summed E-state index contributed by atoms with van der Waals surface area (Å²) in [5.41, 5.74) is 4.56. The van der Waals surface area contributed by atoms with Crippen LogP contribution in [0, 0.1) is 5.82 Å². The molecule has 2 N–H and O–H groups in total. The Hall–Kier alpha value is -3.10. The molecule has 3 aromatic carbocycles.